The molecule has 6 nitrogen and oxygen atoms in total. The van der Waals surface area contributed by atoms with E-state index in [1.54, 1.807) is 0 Å². The highest BCUT2D eigenvalue weighted by Crippen LogP contribution is 3.10. The third-order valence-electron chi connectivity index (χ3n) is 9.51. The summed E-state index contributed by atoms with van der Waals surface area (Å²) in [5.41, 5.74) is -0.731. The van der Waals surface area contributed by atoms with Crippen LogP contribution in [0.1, 0.15) is 33.1 Å². The molecular formula is C19H25NO5S. The average molecular weight is 379 g/mol. The number of rotatable bonds is 7. The molecule has 7 fully saturated rings. The molecule has 0 atom stereocenters. The number of hydrogen-bond acceptors (Lipinski definition) is 5. The van der Waals surface area contributed by atoms with Gasteiger partial charge in [-0.25, -0.2) is 8.42 Å². The molecule has 0 saturated heterocycles. The maximum absolute atomic E-state index is 12.9. The summed E-state index contributed by atoms with van der Waals surface area (Å²) in [6.07, 6.45) is 2.95. The lowest BCUT2D eigenvalue weighted by Crippen LogP contribution is -3.12. The van der Waals surface area contributed by atoms with Crippen LogP contribution in [0.25, 0.3) is 0 Å². The minimum absolute atomic E-state index is 0.0146. The van der Waals surface area contributed by atoms with Gasteiger partial charge < -0.3 is 4.74 Å². The van der Waals surface area contributed by atoms with Gasteiger partial charge in [0.05, 0.1) is 23.7 Å². The minimum atomic E-state index is -3.59. The normalized spacial score (nSPS) is 50.9. The second kappa shape index (κ2) is 4.01. The molecule has 7 saturated carbocycles. The van der Waals surface area contributed by atoms with Gasteiger partial charge in [-0.3, -0.25) is 14.3 Å². The van der Waals surface area contributed by atoms with Crippen molar-refractivity contribution in [2.45, 2.75) is 33.1 Å². The second-order valence-electron chi connectivity index (χ2n) is 10.3. The molecule has 1 N–H and O–H groups in total. The number of methoxy groups -OCH3 is 1. The van der Waals surface area contributed by atoms with E-state index < -0.39 is 15.4 Å². The lowest BCUT2D eigenvalue weighted by molar-refractivity contribution is -0.626. The summed E-state index contributed by atoms with van der Waals surface area (Å²) in [6.45, 7) is 4.24. The van der Waals surface area contributed by atoms with Crippen molar-refractivity contribution in [3.05, 3.63) is 0 Å². The summed E-state index contributed by atoms with van der Waals surface area (Å²) in [4.78, 5) is 25.0. The monoisotopic (exact) mass is 379 g/mol. The number of carbonyl (C=O) groups is 2. The van der Waals surface area contributed by atoms with Gasteiger partial charge in [-0.1, -0.05) is 13.8 Å². The van der Waals surface area contributed by atoms with Crippen LogP contribution in [0, 0.1) is 57.7 Å². The molecule has 0 aromatic rings. The highest BCUT2D eigenvalue weighted by Gasteiger charge is 3.13. The number of ether oxygens (including phenoxy) is 1. The Morgan fingerprint density at radius 1 is 1.04 bits per heavy atom. The Bertz CT molecular complexity index is 817. The lowest BCUT2D eigenvalue weighted by atomic mass is 8.92. The fraction of sp³-hybridized carbons (Fsp3) is 0.895. The van der Waals surface area contributed by atoms with Gasteiger partial charge in [-0.15, -0.1) is 0 Å². The quantitative estimate of drug-likeness (QED) is 0.671. The standard InChI is InChI=1S/C19H25NO5S/c1-17(2,8-4-5-8)6-7-26(23,24)20-15(21)18-9-12-10(18)14-11(18)13(9)19(12,14)16(22)25-3/h8-14H,4-7H2,1-3H3,(H,20,21). The first-order chi connectivity index (χ1) is 12.2. The minimum Gasteiger partial charge on any atom is -0.469 e. The molecule has 0 aliphatic heterocycles. The second-order valence-corrected chi connectivity index (χ2v) is 12.1. The van der Waals surface area contributed by atoms with Crippen LogP contribution in [0.5, 0.6) is 0 Å². The molecule has 26 heavy (non-hydrogen) atoms. The highest BCUT2D eigenvalue weighted by molar-refractivity contribution is 7.90. The third-order valence-corrected chi connectivity index (χ3v) is 10.7. The number of amides is 1. The van der Waals surface area contributed by atoms with Crippen LogP contribution < -0.4 is 4.72 Å². The van der Waals surface area contributed by atoms with Gasteiger partial charge in [-0.05, 0) is 66.1 Å². The van der Waals surface area contributed by atoms with Crippen molar-refractivity contribution in [3.8, 4) is 0 Å². The number of sulfonamides is 1. The van der Waals surface area contributed by atoms with E-state index in [9.17, 15) is 18.0 Å². The molecule has 0 unspecified atom stereocenters. The fourth-order valence-corrected chi connectivity index (χ4v) is 9.67. The van der Waals surface area contributed by atoms with E-state index in [1.165, 1.54) is 20.0 Å². The van der Waals surface area contributed by atoms with Crippen molar-refractivity contribution in [2.24, 2.45) is 57.7 Å². The molecule has 0 radical (unpaired) electrons. The zero-order valence-electron chi connectivity index (χ0n) is 15.3. The van der Waals surface area contributed by atoms with Crippen molar-refractivity contribution in [1.29, 1.82) is 0 Å². The van der Waals surface area contributed by atoms with Gasteiger partial charge in [0.25, 0.3) is 0 Å². The Balaban J connectivity index is 1.13. The molecule has 0 spiro atoms. The zero-order chi connectivity index (χ0) is 18.4. The third kappa shape index (κ3) is 1.24. The summed E-state index contributed by atoms with van der Waals surface area (Å²) < 4.78 is 32.3. The molecule has 7 aliphatic carbocycles. The molecule has 0 heterocycles. The Morgan fingerprint density at radius 2 is 1.54 bits per heavy atom. The van der Waals surface area contributed by atoms with E-state index in [0.717, 1.165) is 0 Å². The molecule has 7 rings (SSSR count). The van der Waals surface area contributed by atoms with E-state index >= 15 is 0 Å². The van der Waals surface area contributed by atoms with Crippen molar-refractivity contribution in [1.82, 2.24) is 4.72 Å². The van der Waals surface area contributed by atoms with Gasteiger partial charge >= 0.3 is 5.97 Å². The van der Waals surface area contributed by atoms with Crippen LogP contribution in [0.2, 0.25) is 0 Å². The van der Waals surface area contributed by atoms with Gasteiger partial charge in [0.1, 0.15) is 0 Å². The maximum Gasteiger partial charge on any atom is 0.312 e. The smallest absolute Gasteiger partial charge is 0.312 e. The first-order valence-corrected chi connectivity index (χ1v) is 11.4. The van der Waals surface area contributed by atoms with Crippen LogP contribution in [-0.2, 0) is 24.3 Å². The Labute approximate surface area is 153 Å². The van der Waals surface area contributed by atoms with E-state index in [4.69, 9.17) is 4.74 Å². The van der Waals surface area contributed by atoms with Crippen LogP contribution in [0.15, 0.2) is 0 Å². The predicted molar refractivity (Wildman–Crippen MR) is 90.9 cm³/mol. The topological polar surface area (TPSA) is 89.5 Å². The molecular weight excluding hydrogens is 354 g/mol. The van der Waals surface area contributed by atoms with E-state index in [-0.39, 0.29) is 64.0 Å². The van der Waals surface area contributed by atoms with E-state index in [0.29, 0.717) is 12.3 Å². The van der Waals surface area contributed by atoms with Gasteiger partial charge in [0.2, 0.25) is 15.9 Å². The predicted octanol–water partition coefficient (Wildman–Crippen LogP) is 1.17. The molecule has 1 amide bonds. The van der Waals surface area contributed by atoms with Crippen LogP contribution in [-0.4, -0.2) is 33.2 Å². The summed E-state index contributed by atoms with van der Waals surface area (Å²) in [5, 5.41) is 0. The van der Waals surface area contributed by atoms with Gasteiger partial charge in [0, 0.05) is 0 Å². The summed E-state index contributed by atoms with van der Waals surface area (Å²) in [5.74, 6) is 1.73. The van der Waals surface area contributed by atoms with Crippen molar-refractivity contribution >= 4 is 21.9 Å². The van der Waals surface area contributed by atoms with Crippen molar-refractivity contribution < 1.29 is 22.7 Å². The summed E-state index contributed by atoms with van der Waals surface area (Å²) in [7, 11) is -2.16. The molecule has 0 bridgehead atoms. The van der Waals surface area contributed by atoms with Crippen LogP contribution >= 0.6 is 0 Å². The maximum atomic E-state index is 12.9. The van der Waals surface area contributed by atoms with Crippen molar-refractivity contribution in [3.63, 3.8) is 0 Å². The van der Waals surface area contributed by atoms with Crippen LogP contribution in [0.3, 0.4) is 0 Å². The number of carbonyl (C=O) groups excluding carboxylic acids is 2. The van der Waals surface area contributed by atoms with Gasteiger partial charge in [0.15, 0.2) is 0 Å². The fourth-order valence-electron chi connectivity index (χ4n) is 8.31. The SMILES string of the molecule is COC(=O)C12C3C4C1C1C2C3C41C(=O)NS(=O)(=O)CCC(C)(C)C1CC1. The zero-order valence-corrected chi connectivity index (χ0v) is 16.1. The molecule has 0 aromatic carbocycles. The first kappa shape index (κ1) is 15.9. The Hall–Kier alpha value is -1.11. The molecule has 0 aromatic heterocycles. The molecule has 142 valence electrons. The first-order valence-electron chi connectivity index (χ1n) is 9.79. The Morgan fingerprint density at radius 3 is 2.00 bits per heavy atom. The summed E-state index contributed by atoms with van der Waals surface area (Å²) in [6, 6.07) is 0. The van der Waals surface area contributed by atoms with Crippen molar-refractivity contribution in [2.75, 3.05) is 12.9 Å². The largest absolute Gasteiger partial charge is 0.469 e. The average Bonchev–Trinajstić information content (AvgIpc) is 3.44. The van der Waals surface area contributed by atoms with E-state index in [2.05, 4.69) is 18.6 Å². The number of esters is 1. The van der Waals surface area contributed by atoms with E-state index in [1.807, 2.05) is 0 Å². The summed E-state index contributed by atoms with van der Waals surface area (Å²) >= 11 is 0. The highest BCUT2D eigenvalue weighted by atomic mass is 32.2. The number of nitrogens with one attached hydrogen (secondary N) is 1. The molecule has 7 heteroatoms. The lowest BCUT2D eigenvalue weighted by Gasteiger charge is -3.09. The Kier molecular flexibility index (Phi) is 2.45. The van der Waals surface area contributed by atoms with Gasteiger partial charge in [-0.2, -0.15) is 0 Å². The number of hydrogen-bond donors (Lipinski definition) is 1. The molecule has 7 aliphatic rings. The van der Waals surface area contributed by atoms with Crippen LogP contribution in [0.4, 0.5) is 0 Å².